The van der Waals surface area contributed by atoms with Crippen molar-refractivity contribution in [2.75, 3.05) is 19.0 Å². The number of benzene rings is 1. The molecule has 0 atom stereocenters. The maximum atomic E-state index is 11.6. The van der Waals surface area contributed by atoms with Crippen LogP contribution in [0, 0.1) is 0 Å². The van der Waals surface area contributed by atoms with Gasteiger partial charge in [0, 0.05) is 12.1 Å². The molecule has 0 aliphatic heterocycles. The summed E-state index contributed by atoms with van der Waals surface area (Å²) in [5.41, 5.74) is 1.65. The molecule has 7 heteroatoms. The zero-order valence-corrected chi connectivity index (χ0v) is 14.0. The Morgan fingerprint density at radius 1 is 1.22 bits per heavy atom. The monoisotopic (exact) mass is 336 g/mol. The van der Waals surface area contributed by atoms with E-state index in [-0.39, 0.29) is 23.9 Å². The highest BCUT2D eigenvalue weighted by Gasteiger charge is 2.08. The fourth-order valence-electron chi connectivity index (χ4n) is 1.51. The second kappa shape index (κ2) is 9.58. The third-order valence-electron chi connectivity index (χ3n) is 2.63. The van der Waals surface area contributed by atoms with Gasteiger partial charge in [-0.15, -0.1) is 0 Å². The van der Waals surface area contributed by atoms with Crippen molar-refractivity contribution in [2.24, 2.45) is 0 Å². The minimum Gasteiger partial charge on any atom is -0.489 e. The van der Waals surface area contributed by atoms with E-state index >= 15 is 0 Å². The third kappa shape index (κ3) is 7.96. The summed E-state index contributed by atoms with van der Waals surface area (Å²) < 4.78 is 9.95. The molecule has 0 aliphatic carbocycles. The number of carbonyl (C=O) groups is 2. The van der Waals surface area contributed by atoms with Crippen LogP contribution in [-0.2, 0) is 14.3 Å². The fourth-order valence-corrected chi connectivity index (χ4v) is 1.74. The minimum atomic E-state index is -0.440. The van der Waals surface area contributed by atoms with Crippen molar-refractivity contribution < 1.29 is 19.1 Å². The molecular formula is C16H20N2O4S. The second-order valence-corrected chi connectivity index (χ2v) is 5.26. The van der Waals surface area contributed by atoms with Crippen molar-refractivity contribution in [1.82, 2.24) is 5.32 Å². The Hall–Kier alpha value is -2.41. The predicted octanol–water partition coefficient (Wildman–Crippen LogP) is 2.41. The molecule has 124 valence electrons. The molecule has 0 aliphatic rings. The van der Waals surface area contributed by atoms with Gasteiger partial charge in [0.1, 0.15) is 12.4 Å². The van der Waals surface area contributed by atoms with Crippen LogP contribution in [0.4, 0.5) is 5.69 Å². The summed E-state index contributed by atoms with van der Waals surface area (Å²) >= 11 is 5.04. The molecule has 1 amide bonds. The highest BCUT2D eigenvalue weighted by Crippen LogP contribution is 2.16. The van der Waals surface area contributed by atoms with Gasteiger partial charge in [-0.2, -0.15) is 0 Å². The maximum Gasteiger partial charge on any atom is 0.306 e. The zero-order chi connectivity index (χ0) is 17.2. The summed E-state index contributed by atoms with van der Waals surface area (Å²) in [6.07, 6.45) is 0.0296. The Kier molecular flexibility index (Phi) is 7.76. The SMILES string of the molecule is C=C(C)COc1ccc(NC(=S)NC(=O)CCC(=O)OC)cc1. The number of esters is 1. The van der Waals surface area contributed by atoms with Gasteiger partial charge in [0.25, 0.3) is 0 Å². The Balaban J connectivity index is 2.40. The lowest BCUT2D eigenvalue weighted by atomic mass is 10.3. The van der Waals surface area contributed by atoms with Gasteiger partial charge in [-0.1, -0.05) is 6.58 Å². The number of hydrogen-bond acceptors (Lipinski definition) is 5. The number of nitrogens with one attached hydrogen (secondary N) is 2. The minimum absolute atomic E-state index is 0.0136. The summed E-state index contributed by atoms with van der Waals surface area (Å²) in [6, 6.07) is 7.13. The number of thiocarbonyl (C=S) groups is 1. The zero-order valence-electron chi connectivity index (χ0n) is 13.2. The van der Waals surface area contributed by atoms with Crippen LogP contribution in [-0.4, -0.2) is 30.7 Å². The van der Waals surface area contributed by atoms with E-state index in [4.69, 9.17) is 17.0 Å². The van der Waals surface area contributed by atoms with E-state index < -0.39 is 5.97 Å². The summed E-state index contributed by atoms with van der Waals surface area (Å²) in [7, 11) is 1.27. The smallest absolute Gasteiger partial charge is 0.306 e. The molecule has 0 saturated carbocycles. The van der Waals surface area contributed by atoms with Crippen molar-refractivity contribution in [1.29, 1.82) is 0 Å². The first-order valence-electron chi connectivity index (χ1n) is 6.95. The summed E-state index contributed by atoms with van der Waals surface area (Å²) in [5, 5.41) is 5.53. The van der Waals surface area contributed by atoms with E-state index in [9.17, 15) is 9.59 Å². The first-order chi connectivity index (χ1) is 10.9. The topological polar surface area (TPSA) is 76.7 Å². The van der Waals surface area contributed by atoms with Crippen LogP contribution < -0.4 is 15.4 Å². The van der Waals surface area contributed by atoms with Crippen LogP contribution in [0.1, 0.15) is 19.8 Å². The Morgan fingerprint density at radius 2 is 1.87 bits per heavy atom. The molecule has 0 fully saturated rings. The number of anilines is 1. The molecule has 0 bridgehead atoms. The Bertz CT molecular complexity index is 584. The van der Waals surface area contributed by atoms with E-state index in [1.165, 1.54) is 7.11 Å². The Labute approximate surface area is 140 Å². The first kappa shape index (κ1) is 18.6. The molecule has 1 aromatic rings. The number of amides is 1. The Morgan fingerprint density at radius 3 is 2.43 bits per heavy atom. The van der Waals surface area contributed by atoms with Gasteiger partial charge in [0.2, 0.25) is 5.91 Å². The largest absolute Gasteiger partial charge is 0.489 e. The molecule has 6 nitrogen and oxygen atoms in total. The van der Waals surface area contributed by atoms with Gasteiger partial charge in [0.05, 0.1) is 13.5 Å². The highest BCUT2D eigenvalue weighted by atomic mass is 32.1. The summed E-state index contributed by atoms with van der Waals surface area (Å²) in [6.45, 7) is 6.11. The number of methoxy groups -OCH3 is 1. The number of ether oxygens (including phenoxy) is 2. The van der Waals surface area contributed by atoms with E-state index in [0.29, 0.717) is 18.0 Å². The number of hydrogen-bond donors (Lipinski definition) is 2. The van der Waals surface area contributed by atoms with Gasteiger partial charge >= 0.3 is 5.97 Å². The molecule has 0 aromatic heterocycles. The predicted molar refractivity (Wildman–Crippen MR) is 92.4 cm³/mol. The molecule has 1 aromatic carbocycles. The molecule has 23 heavy (non-hydrogen) atoms. The molecule has 2 N–H and O–H groups in total. The van der Waals surface area contributed by atoms with Gasteiger partial charge in [-0.3, -0.25) is 9.59 Å². The molecule has 1 rings (SSSR count). The van der Waals surface area contributed by atoms with Crippen LogP contribution in [0.2, 0.25) is 0 Å². The van der Waals surface area contributed by atoms with E-state index in [0.717, 1.165) is 5.57 Å². The van der Waals surface area contributed by atoms with Gasteiger partial charge in [-0.05, 0) is 49.0 Å². The molecule has 0 radical (unpaired) electrons. The lowest BCUT2D eigenvalue weighted by molar-refractivity contribution is -0.142. The highest BCUT2D eigenvalue weighted by molar-refractivity contribution is 7.80. The number of carbonyl (C=O) groups excluding carboxylic acids is 2. The summed E-state index contributed by atoms with van der Waals surface area (Å²) in [5.74, 6) is -0.0785. The van der Waals surface area contributed by atoms with E-state index in [1.54, 1.807) is 24.3 Å². The van der Waals surface area contributed by atoms with Crippen molar-refractivity contribution >= 4 is 34.9 Å². The average Bonchev–Trinajstić information content (AvgIpc) is 2.51. The van der Waals surface area contributed by atoms with Crippen molar-refractivity contribution in [3.63, 3.8) is 0 Å². The quantitative estimate of drug-likeness (QED) is 0.452. The van der Waals surface area contributed by atoms with Gasteiger partial charge in [-0.25, -0.2) is 0 Å². The van der Waals surface area contributed by atoms with Crippen molar-refractivity contribution in [2.45, 2.75) is 19.8 Å². The molecule has 0 unspecified atom stereocenters. The molecule has 0 spiro atoms. The number of rotatable bonds is 7. The molecule has 0 heterocycles. The van der Waals surface area contributed by atoms with Crippen molar-refractivity contribution in [3.8, 4) is 5.75 Å². The van der Waals surface area contributed by atoms with E-state index in [1.807, 2.05) is 6.92 Å². The summed E-state index contributed by atoms with van der Waals surface area (Å²) in [4.78, 5) is 22.5. The maximum absolute atomic E-state index is 11.6. The normalized spacial score (nSPS) is 9.65. The van der Waals surface area contributed by atoms with E-state index in [2.05, 4.69) is 21.9 Å². The second-order valence-electron chi connectivity index (χ2n) is 4.85. The first-order valence-corrected chi connectivity index (χ1v) is 7.36. The lowest BCUT2D eigenvalue weighted by Crippen LogP contribution is -2.34. The van der Waals surface area contributed by atoms with Crippen LogP contribution in [0.3, 0.4) is 0 Å². The van der Waals surface area contributed by atoms with Gasteiger partial charge in [0.15, 0.2) is 5.11 Å². The lowest BCUT2D eigenvalue weighted by Gasteiger charge is -2.10. The van der Waals surface area contributed by atoms with Crippen LogP contribution in [0.15, 0.2) is 36.4 Å². The van der Waals surface area contributed by atoms with Gasteiger partial charge < -0.3 is 20.1 Å². The fraction of sp³-hybridized carbons (Fsp3) is 0.312. The average molecular weight is 336 g/mol. The molecular weight excluding hydrogens is 316 g/mol. The van der Waals surface area contributed by atoms with Crippen LogP contribution in [0.5, 0.6) is 5.75 Å². The van der Waals surface area contributed by atoms with Crippen molar-refractivity contribution in [3.05, 3.63) is 36.4 Å². The standard InChI is InChI=1S/C16H20N2O4S/c1-11(2)10-22-13-6-4-12(5-7-13)17-16(23)18-14(19)8-9-15(20)21-3/h4-7H,1,8-10H2,2-3H3,(H2,17,18,19,23). The van der Waals surface area contributed by atoms with Crippen LogP contribution in [0.25, 0.3) is 0 Å². The third-order valence-corrected chi connectivity index (χ3v) is 2.84. The molecule has 0 saturated heterocycles. The van der Waals surface area contributed by atoms with Crippen LogP contribution >= 0.6 is 12.2 Å².